The van der Waals surface area contributed by atoms with Crippen LogP contribution in [0.2, 0.25) is 0 Å². The summed E-state index contributed by atoms with van der Waals surface area (Å²) in [7, 11) is 0. The Morgan fingerprint density at radius 1 is 1.30 bits per heavy atom. The Morgan fingerprint density at radius 2 is 2.00 bits per heavy atom. The molecule has 0 aliphatic carbocycles. The number of nitrogens with one attached hydrogen (secondary N) is 1. The molecular formula is C14H25N3O3. The summed E-state index contributed by atoms with van der Waals surface area (Å²) >= 11 is 0. The number of aliphatic carboxylic acids is 1. The number of likely N-dealkylation sites (tertiary alicyclic amines) is 2. The van der Waals surface area contributed by atoms with Gasteiger partial charge >= 0.3 is 12.0 Å². The molecule has 0 spiro atoms. The lowest BCUT2D eigenvalue weighted by Gasteiger charge is -2.25. The summed E-state index contributed by atoms with van der Waals surface area (Å²) in [6.07, 6.45) is 4.19. The zero-order valence-electron chi connectivity index (χ0n) is 12.2. The molecule has 0 aromatic heterocycles. The van der Waals surface area contributed by atoms with Gasteiger partial charge in [0.25, 0.3) is 0 Å². The van der Waals surface area contributed by atoms with Crippen LogP contribution in [0.1, 0.15) is 39.0 Å². The molecule has 2 heterocycles. The first-order chi connectivity index (χ1) is 9.60. The van der Waals surface area contributed by atoms with E-state index in [0.717, 1.165) is 32.6 Å². The van der Waals surface area contributed by atoms with E-state index in [2.05, 4.69) is 10.2 Å². The van der Waals surface area contributed by atoms with E-state index >= 15 is 0 Å². The van der Waals surface area contributed by atoms with Gasteiger partial charge in [-0.3, -0.25) is 9.69 Å². The van der Waals surface area contributed by atoms with Crippen LogP contribution < -0.4 is 5.32 Å². The molecule has 0 radical (unpaired) electrons. The van der Waals surface area contributed by atoms with Crippen molar-refractivity contribution >= 4 is 12.0 Å². The summed E-state index contributed by atoms with van der Waals surface area (Å²) in [6.45, 7) is 5.74. The highest BCUT2D eigenvalue weighted by Gasteiger charge is 2.32. The minimum Gasteiger partial charge on any atom is -0.481 e. The van der Waals surface area contributed by atoms with Gasteiger partial charge in [-0.2, -0.15) is 0 Å². The third-order valence-electron chi connectivity index (χ3n) is 4.35. The molecule has 0 aromatic carbocycles. The minimum absolute atomic E-state index is 0.00830. The van der Waals surface area contributed by atoms with E-state index in [-0.39, 0.29) is 18.5 Å². The molecule has 6 heteroatoms. The van der Waals surface area contributed by atoms with E-state index in [9.17, 15) is 9.59 Å². The molecule has 114 valence electrons. The first kappa shape index (κ1) is 15.1. The predicted octanol–water partition coefficient (Wildman–Crippen LogP) is 1.12. The van der Waals surface area contributed by atoms with Gasteiger partial charge in [0.1, 0.15) is 0 Å². The summed E-state index contributed by atoms with van der Waals surface area (Å²) in [6, 6.07) is 0.105. The number of carboxylic acid groups (broad SMARTS) is 1. The van der Waals surface area contributed by atoms with Crippen LogP contribution in [0.4, 0.5) is 4.79 Å². The zero-order chi connectivity index (χ0) is 14.5. The number of carbonyl (C=O) groups excluding carboxylic acids is 1. The lowest BCUT2D eigenvalue weighted by molar-refractivity contribution is -0.137. The second-order valence-electron chi connectivity index (χ2n) is 5.78. The monoisotopic (exact) mass is 283 g/mol. The number of carboxylic acids is 1. The minimum atomic E-state index is -0.867. The standard InChI is InChI=1S/C14H25N3O3/c1-2-11(9-13(18)19)15-14(20)17-8-5-12(10-17)16-6-3-4-7-16/h11-12H,2-10H2,1H3,(H,15,20)(H,18,19). The maximum Gasteiger partial charge on any atom is 0.317 e. The topological polar surface area (TPSA) is 72.9 Å². The lowest BCUT2D eigenvalue weighted by atomic mass is 10.1. The fourth-order valence-corrected chi connectivity index (χ4v) is 3.11. The molecule has 0 saturated carbocycles. The zero-order valence-corrected chi connectivity index (χ0v) is 12.2. The van der Waals surface area contributed by atoms with E-state index in [1.54, 1.807) is 0 Å². The van der Waals surface area contributed by atoms with Gasteiger partial charge in [0.05, 0.1) is 6.42 Å². The van der Waals surface area contributed by atoms with Gasteiger partial charge in [0.15, 0.2) is 0 Å². The van der Waals surface area contributed by atoms with Crippen molar-refractivity contribution in [2.75, 3.05) is 26.2 Å². The van der Waals surface area contributed by atoms with Crippen LogP contribution in [0.3, 0.4) is 0 Å². The van der Waals surface area contributed by atoms with Crippen LogP contribution in [-0.2, 0) is 4.79 Å². The Balaban J connectivity index is 1.79. The van der Waals surface area contributed by atoms with Crippen molar-refractivity contribution < 1.29 is 14.7 Å². The lowest BCUT2D eigenvalue weighted by Crippen LogP contribution is -2.45. The molecular weight excluding hydrogens is 258 g/mol. The molecule has 2 fully saturated rings. The van der Waals surface area contributed by atoms with Crippen LogP contribution in [0.5, 0.6) is 0 Å². The van der Waals surface area contributed by atoms with Crippen molar-refractivity contribution in [1.29, 1.82) is 0 Å². The molecule has 2 aliphatic heterocycles. The Morgan fingerprint density at radius 3 is 2.60 bits per heavy atom. The number of amides is 2. The van der Waals surface area contributed by atoms with Gasteiger partial charge in [0, 0.05) is 25.2 Å². The number of hydrogen-bond acceptors (Lipinski definition) is 3. The molecule has 0 bridgehead atoms. The maximum absolute atomic E-state index is 12.2. The number of nitrogens with zero attached hydrogens (tertiary/aromatic N) is 2. The smallest absolute Gasteiger partial charge is 0.317 e. The molecule has 2 N–H and O–H groups in total. The van der Waals surface area contributed by atoms with Crippen molar-refractivity contribution in [2.24, 2.45) is 0 Å². The highest BCUT2D eigenvalue weighted by molar-refractivity contribution is 5.76. The third kappa shape index (κ3) is 3.85. The molecule has 2 saturated heterocycles. The van der Waals surface area contributed by atoms with E-state index in [0.29, 0.717) is 12.5 Å². The number of hydrogen-bond donors (Lipinski definition) is 2. The van der Waals surface area contributed by atoms with Crippen molar-refractivity contribution in [3.63, 3.8) is 0 Å². The van der Waals surface area contributed by atoms with E-state index in [1.165, 1.54) is 12.8 Å². The molecule has 20 heavy (non-hydrogen) atoms. The predicted molar refractivity (Wildman–Crippen MR) is 75.6 cm³/mol. The largest absolute Gasteiger partial charge is 0.481 e. The fraction of sp³-hybridized carbons (Fsp3) is 0.857. The summed E-state index contributed by atoms with van der Waals surface area (Å²) in [4.78, 5) is 27.2. The number of rotatable bonds is 5. The summed E-state index contributed by atoms with van der Waals surface area (Å²) in [5, 5.41) is 11.6. The average molecular weight is 283 g/mol. The normalized spacial score (nSPS) is 24.9. The van der Waals surface area contributed by atoms with Crippen molar-refractivity contribution in [1.82, 2.24) is 15.1 Å². The van der Waals surface area contributed by atoms with Gasteiger partial charge in [-0.25, -0.2) is 4.79 Å². The summed E-state index contributed by atoms with van der Waals surface area (Å²) < 4.78 is 0. The van der Waals surface area contributed by atoms with Crippen molar-refractivity contribution in [3.8, 4) is 0 Å². The molecule has 2 amide bonds. The van der Waals surface area contributed by atoms with Crippen LogP contribution >= 0.6 is 0 Å². The van der Waals surface area contributed by atoms with Gasteiger partial charge in [-0.05, 0) is 38.8 Å². The summed E-state index contributed by atoms with van der Waals surface area (Å²) in [5.74, 6) is -0.867. The highest BCUT2D eigenvalue weighted by atomic mass is 16.4. The second kappa shape index (κ2) is 6.92. The molecule has 2 atom stereocenters. The first-order valence-corrected chi connectivity index (χ1v) is 7.61. The van der Waals surface area contributed by atoms with Crippen LogP contribution in [0.25, 0.3) is 0 Å². The Hall–Kier alpha value is -1.30. The molecule has 2 unspecified atom stereocenters. The van der Waals surface area contributed by atoms with Gasteiger partial charge < -0.3 is 15.3 Å². The Labute approximate surface area is 120 Å². The molecule has 6 nitrogen and oxygen atoms in total. The highest BCUT2D eigenvalue weighted by Crippen LogP contribution is 2.20. The SMILES string of the molecule is CCC(CC(=O)O)NC(=O)N1CCC(N2CCCC2)C1. The van der Waals surface area contributed by atoms with E-state index in [1.807, 2.05) is 11.8 Å². The van der Waals surface area contributed by atoms with Crippen molar-refractivity contribution in [3.05, 3.63) is 0 Å². The van der Waals surface area contributed by atoms with Gasteiger partial charge in [0.2, 0.25) is 0 Å². The third-order valence-corrected chi connectivity index (χ3v) is 4.35. The van der Waals surface area contributed by atoms with Crippen LogP contribution in [-0.4, -0.2) is 65.2 Å². The number of urea groups is 1. The van der Waals surface area contributed by atoms with Crippen molar-refractivity contribution in [2.45, 2.75) is 51.1 Å². The molecule has 2 rings (SSSR count). The van der Waals surface area contributed by atoms with Crippen LogP contribution in [0.15, 0.2) is 0 Å². The maximum atomic E-state index is 12.2. The quantitative estimate of drug-likeness (QED) is 0.793. The van der Waals surface area contributed by atoms with Crippen LogP contribution in [0, 0.1) is 0 Å². The van der Waals surface area contributed by atoms with Gasteiger partial charge in [-0.15, -0.1) is 0 Å². The Bertz CT molecular complexity index is 356. The second-order valence-corrected chi connectivity index (χ2v) is 5.78. The van der Waals surface area contributed by atoms with E-state index < -0.39 is 5.97 Å². The number of carbonyl (C=O) groups is 2. The molecule has 2 aliphatic rings. The van der Waals surface area contributed by atoms with E-state index in [4.69, 9.17) is 5.11 Å². The summed E-state index contributed by atoms with van der Waals surface area (Å²) in [5.41, 5.74) is 0. The average Bonchev–Trinajstić information content (AvgIpc) is 3.07. The van der Waals surface area contributed by atoms with Gasteiger partial charge in [-0.1, -0.05) is 6.92 Å². The fourth-order valence-electron chi connectivity index (χ4n) is 3.11. The Kier molecular flexibility index (Phi) is 5.23. The first-order valence-electron chi connectivity index (χ1n) is 7.61. The molecule has 0 aromatic rings.